The van der Waals surface area contributed by atoms with Crippen LogP contribution in [-0.2, 0) is 12.8 Å². The number of rotatable bonds is 6. The summed E-state index contributed by atoms with van der Waals surface area (Å²) >= 11 is 3.16. The fourth-order valence-corrected chi connectivity index (χ4v) is 3.21. The molecular weight excluding hydrogens is 266 g/mol. The monoisotopic (exact) mass is 283 g/mol. The van der Waals surface area contributed by atoms with Gasteiger partial charge < -0.3 is 5.32 Å². The van der Waals surface area contributed by atoms with Crippen LogP contribution in [-0.4, -0.2) is 25.9 Å². The van der Waals surface area contributed by atoms with Crippen molar-refractivity contribution in [2.75, 3.05) is 11.9 Å². The molecule has 0 aliphatic carbocycles. The molecule has 0 radical (unpaired) electrons. The molecule has 0 spiro atoms. The van der Waals surface area contributed by atoms with E-state index in [0.717, 1.165) is 40.1 Å². The average molecular weight is 283 g/mol. The molecular formula is C11H17N5S2. The number of hydrogen-bond donors (Lipinski definition) is 1. The minimum absolute atomic E-state index is 0.821. The summed E-state index contributed by atoms with van der Waals surface area (Å²) in [5.74, 6) is 0.821. The molecule has 0 saturated heterocycles. The van der Waals surface area contributed by atoms with Gasteiger partial charge in [-0.2, -0.15) is 5.10 Å². The van der Waals surface area contributed by atoms with E-state index in [1.807, 2.05) is 18.7 Å². The third kappa shape index (κ3) is 3.23. The Balaban J connectivity index is 1.97. The van der Waals surface area contributed by atoms with Gasteiger partial charge in [0, 0.05) is 30.9 Å². The van der Waals surface area contributed by atoms with Crippen LogP contribution >= 0.6 is 23.3 Å². The summed E-state index contributed by atoms with van der Waals surface area (Å²) in [5.41, 5.74) is 2.07. The van der Waals surface area contributed by atoms with Crippen molar-refractivity contribution in [1.82, 2.24) is 19.4 Å². The fraction of sp³-hybridized carbons (Fsp3) is 0.545. The number of nitrogens with zero attached hydrogens (tertiary/aromatic N) is 4. The van der Waals surface area contributed by atoms with E-state index >= 15 is 0 Å². The average Bonchev–Trinajstić information content (AvgIpc) is 2.90. The lowest BCUT2D eigenvalue weighted by molar-refractivity contribution is 0.692. The van der Waals surface area contributed by atoms with Crippen LogP contribution in [0.15, 0.2) is 11.1 Å². The van der Waals surface area contributed by atoms with Crippen LogP contribution in [0.5, 0.6) is 0 Å². The molecule has 0 atom stereocenters. The minimum atomic E-state index is 0.821. The predicted molar refractivity (Wildman–Crippen MR) is 76.2 cm³/mol. The highest BCUT2D eigenvalue weighted by Gasteiger charge is 2.09. The van der Waals surface area contributed by atoms with Gasteiger partial charge in [-0.15, -0.1) is 16.9 Å². The molecule has 0 unspecified atom stereocenters. The standard InChI is InChI=1S/C11H17N5S2/c1-4-5-12-11-9(13-15-18-11)7-17-10-6-8(2)14-16(10)3/h6,12H,4-5,7H2,1-3H3. The molecule has 0 aliphatic rings. The van der Waals surface area contributed by atoms with Crippen molar-refractivity contribution >= 4 is 28.3 Å². The van der Waals surface area contributed by atoms with Gasteiger partial charge in [-0.05, 0) is 19.4 Å². The van der Waals surface area contributed by atoms with Crippen LogP contribution in [0.3, 0.4) is 0 Å². The fourth-order valence-electron chi connectivity index (χ4n) is 1.54. The van der Waals surface area contributed by atoms with Gasteiger partial charge in [0.1, 0.15) is 10.7 Å². The first-order valence-corrected chi connectivity index (χ1v) is 7.65. The van der Waals surface area contributed by atoms with Crippen LogP contribution in [0.4, 0.5) is 5.00 Å². The summed E-state index contributed by atoms with van der Waals surface area (Å²) in [7, 11) is 1.96. The van der Waals surface area contributed by atoms with Crippen molar-refractivity contribution in [3.63, 3.8) is 0 Å². The Kier molecular flexibility index (Phi) is 4.60. The molecule has 0 aliphatic heterocycles. The first kappa shape index (κ1) is 13.4. The molecule has 0 fully saturated rings. The van der Waals surface area contributed by atoms with Crippen molar-refractivity contribution in [2.24, 2.45) is 7.05 Å². The van der Waals surface area contributed by atoms with Crippen molar-refractivity contribution in [3.05, 3.63) is 17.5 Å². The van der Waals surface area contributed by atoms with Gasteiger partial charge in [-0.3, -0.25) is 4.68 Å². The first-order valence-electron chi connectivity index (χ1n) is 5.89. The molecule has 1 N–H and O–H groups in total. The number of hydrogen-bond acceptors (Lipinski definition) is 6. The largest absolute Gasteiger partial charge is 0.374 e. The number of nitrogens with one attached hydrogen (secondary N) is 1. The number of aryl methyl sites for hydroxylation is 2. The molecule has 5 nitrogen and oxygen atoms in total. The van der Waals surface area contributed by atoms with Crippen molar-refractivity contribution in [3.8, 4) is 0 Å². The Labute approximate surface area is 115 Å². The predicted octanol–water partition coefficient (Wildman–Crippen LogP) is 2.69. The maximum Gasteiger partial charge on any atom is 0.134 e. The SMILES string of the molecule is CCCNc1snnc1CSc1cc(C)nn1C. The Hall–Kier alpha value is -1.08. The Morgan fingerprint density at radius 1 is 1.50 bits per heavy atom. The highest BCUT2D eigenvalue weighted by Crippen LogP contribution is 2.27. The Morgan fingerprint density at radius 3 is 3.00 bits per heavy atom. The second-order valence-corrected chi connectivity index (χ2v) is 5.76. The Morgan fingerprint density at radius 2 is 2.33 bits per heavy atom. The second kappa shape index (κ2) is 6.19. The van der Waals surface area contributed by atoms with Gasteiger partial charge in [-0.1, -0.05) is 11.4 Å². The summed E-state index contributed by atoms with van der Waals surface area (Å²) in [4.78, 5) is 0. The molecule has 98 valence electrons. The summed E-state index contributed by atoms with van der Waals surface area (Å²) in [6, 6.07) is 2.09. The lowest BCUT2D eigenvalue weighted by Crippen LogP contribution is -2.00. The van der Waals surface area contributed by atoms with E-state index < -0.39 is 0 Å². The zero-order chi connectivity index (χ0) is 13.0. The molecule has 7 heteroatoms. The van der Waals surface area contributed by atoms with Gasteiger partial charge in [0.15, 0.2) is 0 Å². The number of aromatic nitrogens is 4. The van der Waals surface area contributed by atoms with E-state index in [1.54, 1.807) is 11.8 Å². The Bertz CT molecular complexity index is 505. The molecule has 0 saturated carbocycles. The van der Waals surface area contributed by atoms with Gasteiger partial charge >= 0.3 is 0 Å². The molecule has 0 bridgehead atoms. The first-order chi connectivity index (χ1) is 8.70. The van der Waals surface area contributed by atoms with Crippen molar-refractivity contribution in [2.45, 2.75) is 31.0 Å². The zero-order valence-electron chi connectivity index (χ0n) is 10.8. The van der Waals surface area contributed by atoms with E-state index in [9.17, 15) is 0 Å². The molecule has 0 aromatic carbocycles. The van der Waals surface area contributed by atoms with Crippen molar-refractivity contribution in [1.29, 1.82) is 0 Å². The zero-order valence-corrected chi connectivity index (χ0v) is 12.4. The molecule has 2 heterocycles. The van der Waals surface area contributed by atoms with Gasteiger partial charge in [0.05, 0.1) is 10.7 Å². The smallest absolute Gasteiger partial charge is 0.134 e. The summed E-state index contributed by atoms with van der Waals surface area (Å²) in [5, 5.41) is 14.1. The van der Waals surface area contributed by atoms with E-state index in [4.69, 9.17) is 0 Å². The van der Waals surface area contributed by atoms with Crippen LogP contribution < -0.4 is 5.32 Å². The quantitative estimate of drug-likeness (QED) is 0.826. The van der Waals surface area contributed by atoms with E-state index in [-0.39, 0.29) is 0 Å². The second-order valence-electron chi connectivity index (χ2n) is 4.01. The minimum Gasteiger partial charge on any atom is -0.374 e. The summed E-state index contributed by atoms with van der Waals surface area (Å²) in [6.45, 7) is 5.11. The summed E-state index contributed by atoms with van der Waals surface area (Å²) in [6.07, 6.45) is 1.10. The van der Waals surface area contributed by atoms with E-state index in [0.29, 0.717) is 0 Å². The molecule has 2 rings (SSSR count). The van der Waals surface area contributed by atoms with E-state index in [2.05, 4.69) is 33.0 Å². The number of thioether (sulfide) groups is 1. The third-order valence-electron chi connectivity index (χ3n) is 2.41. The van der Waals surface area contributed by atoms with Crippen LogP contribution in [0.25, 0.3) is 0 Å². The maximum absolute atomic E-state index is 4.33. The third-order valence-corrected chi connectivity index (χ3v) is 4.23. The normalized spacial score (nSPS) is 10.8. The highest BCUT2D eigenvalue weighted by molar-refractivity contribution is 7.98. The van der Waals surface area contributed by atoms with Gasteiger partial charge in [-0.25, -0.2) is 0 Å². The lowest BCUT2D eigenvalue weighted by atomic mass is 10.4. The molecule has 2 aromatic heterocycles. The molecule has 2 aromatic rings. The lowest BCUT2D eigenvalue weighted by Gasteiger charge is -2.03. The topological polar surface area (TPSA) is 55.6 Å². The van der Waals surface area contributed by atoms with Gasteiger partial charge in [0.2, 0.25) is 0 Å². The van der Waals surface area contributed by atoms with Crippen molar-refractivity contribution < 1.29 is 0 Å². The molecule has 0 amide bonds. The molecule has 18 heavy (non-hydrogen) atoms. The van der Waals surface area contributed by atoms with E-state index in [1.165, 1.54) is 11.5 Å². The van der Waals surface area contributed by atoms with Crippen LogP contribution in [0.2, 0.25) is 0 Å². The highest BCUT2D eigenvalue weighted by atomic mass is 32.2. The number of anilines is 1. The van der Waals surface area contributed by atoms with Crippen LogP contribution in [0, 0.1) is 6.92 Å². The maximum atomic E-state index is 4.33. The van der Waals surface area contributed by atoms with Gasteiger partial charge in [0.25, 0.3) is 0 Å². The summed E-state index contributed by atoms with van der Waals surface area (Å²) < 4.78 is 5.91. The van der Waals surface area contributed by atoms with Crippen LogP contribution in [0.1, 0.15) is 24.7 Å².